The van der Waals surface area contributed by atoms with Crippen LogP contribution in [0, 0.1) is 17.8 Å². The van der Waals surface area contributed by atoms with Crippen LogP contribution in [0.4, 0.5) is 19.0 Å². The molecule has 3 atom stereocenters. The van der Waals surface area contributed by atoms with Gasteiger partial charge < -0.3 is 15.0 Å². The summed E-state index contributed by atoms with van der Waals surface area (Å²) in [4.78, 5) is 6.14. The molecule has 4 heterocycles. The quantitative estimate of drug-likeness (QED) is 0.745. The van der Waals surface area contributed by atoms with E-state index in [0.29, 0.717) is 23.1 Å². The molecule has 172 valence electrons. The van der Waals surface area contributed by atoms with E-state index >= 15 is 0 Å². The van der Waals surface area contributed by atoms with Crippen LogP contribution in [0.1, 0.15) is 31.4 Å². The highest BCUT2D eigenvalue weighted by atomic mass is 19.4. The van der Waals surface area contributed by atoms with E-state index in [0.717, 1.165) is 49.9 Å². The van der Waals surface area contributed by atoms with Crippen LogP contribution in [0.3, 0.4) is 0 Å². The summed E-state index contributed by atoms with van der Waals surface area (Å²) in [5.74, 6) is 2.96. The average molecular weight is 448 g/mol. The third-order valence-electron chi connectivity index (χ3n) is 7.05. The molecule has 2 saturated heterocycles. The van der Waals surface area contributed by atoms with E-state index in [-0.39, 0.29) is 0 Å². The molecule has 0 radical (unpaired) electrons. The van der Waals surface area contributed by atoms with Gasteiger partial charge in [-0.3, -0.25) is 4.98 Å². The number of pyridine rings is 1. The van der Waals surface area contributed by atoms with Crippen molar-refractivity contribution in [1.82, 2.24) is 20.1 Å². The van der Waals surface area contributed by atoms with Crippen molar-refractivity contribution in [3.05, 3.63) is 36.2 Å². The molecular weight excluding hydrogens is 419 g/mol. The highest BCUT2D eigenvalue weighted by molar-refractivity contribution is 5.58. The van der Waals surface area contributed by atoms with E-state index in [9.17, 15) is 13.2 Å². The van der Waals surface area contributed by atoms with Crippen molar-refractivity contribution in [2.45, 2.75) is 37.9 Å². The van der Waals surface area contributed by atoms with Gasteiger partial charge in [0.1, 0.15) is 11.5 Å². The molecule has 5 rings (SSSR count). The number of nitrogens with one attached hydrogen (secondary N) is 1. The fourth-order valence-corrected chi connectivity index (χ4v) is 5.44. The Bertz CT molecular complexity index is 885. The number of hydrogen-bond donors (Lipinski definition) is 1. The molecule has 32 heavy (non-hydrogen) atoms. The molecule has 0 bridgehead atoms. The number of halogens is 3. The van der Waals surface area contributed by atoms with Gasteiger partial charge in [0.05, 0.1) is 5.69 Å². The molecule has 0 unspecified atom stereocenters. The summed E-state index contributed by atoms with van der Waals surface area (Å²) in [7, 11) is 0. The Labute approximate surface area is 185 Å². The van der Waals surface area contributed by atoms with Crippen LogP contribution in [-0.4, -0.2) is 59.0 Å². The van der Waals surface area contributed by atoms with Crippen LogP contribution < -0.4 is 5.32 Å². The van der Waals surface area contributed by atoms with Crippen LogP contribution in [0.5, 0.6) is 0 Å². The topological polar surface area (TPSA) is 63.2 Å². The van der Waals surface area contributed by atoms with Crippen LogP contribution in [-0.2, 0) is 10.9 Å². The highest BCUT2D eigenvalue weighted by Gasteiger charge is 2.41. The Morgan fingerprint density at radius 2 is 1.75 bits per heavy atom. The number of ether oxygens (including phenoxy) is 1. The van der Waals surface area contributed by atoms with E-state index in [1.165, 1.54) is 44.7 Å². The van der Waals surface area contributed by atoms with Gasteiger partial charge in [-0.15, -0.1) is 10.2 Å². The zero-order valence-electron chi connectivity index (χ0n) is 17.9. The van der Waals surface area contributed by atoms with E-state index in [1.54, 1.807) is 6.07 Å². The van der Waals surface area contributed by atoms with Gasteiger partial charge in [-0.2, -0.15) is 13.2 Å². The number of likely N-dealkylation sites (tertiary alicyclic amines) is 1. The van der Waals surface area contributed by atoms with Crippen LogP contribution in [0.2, 0.25) is 0 Å². The number of aromatic nitrogens is 3. The Morgan fingerprint density at radius 3 is 2.34 bits per heavy atom. The smallest absolute Gasteiger partial charge is 0.381 e. The minimum atomic E-state index is -4.45. The molecule has 0 spiro atoms. The number of fused-ring (bicyclic) bond motifs is 1. The SMILES string of the molecule is FC(F)(F)c1ccc(-c2ccc(N[C@H]3C[C@@H]4CN(CC5CCOCC5)C[C@@H]4C3)nn2)cn1. The van der Waals surface area contributed by atoms with Gasteiger partial charge in [0.2, 0.25) is 0 Å². The number of rotatable bonds is 5. The number of anilines is 1. The third kappa shape index (κ3) is 4.88. The summed E-state index contributed by atoms with van der Waals surface area (Å²) in [6.45, 7) is 5.40. The van der Waals surface area contributed by atoms with Crippen molar-refractivity contribution >= 4 is 5.82 Å². The maximum absolute atomic E-state index is 12.7. The largest absolute Gasteiger partial charge is 0.433 e. The molecular formula is C23H28F3N5O. The molecule has 9 heteroatoms. The summed E-state index contributed by atoms with van der Waals surface area (Å²) >= 11 is 0. The van der Waals surface area contributed by atoms with Crippen LogP contribution >= 0.6 is 0 Å². The van der Waals surface area contributed by atoms with Crippen molar-refractivity contribution in [2.24, 2.45) is 17.8 Å². The standard InChI is InChI=1S/C23H28F3N5O/c24-23(25,26)21-3-1-16(11-27-21)20-2-4-22(30-29-20)28-19-9-17-13-31(14-18(17)10-19)12-15-5-7-32-8-6-15/h1-4,11,15,17-19H,5-10,12-14H2,(H,28,30)/t17-,18+,19+. The molecule has 1 aliphatic carbocycles. The van der Waals surface area contributed by atoms with Gasteiger partial charge in [0, 0.05) is 50.7 Å². The summed E-state index contributed by atoms with van der Waals surface area (Å²) in [6, 6.07) is 6.34. The van der Waals surface area contributed by atoms with Gasteiger partial charge >= 0.3 is 6.18 Å². The number of hydrogen-bond acceptors (Lipinski definition) is 6. The molecule has 2 aliphatic heterocycles. The fraction of sp³-hybridized carbons (Fsp3) is 0.609. The van der Waals surface area contributed by atoms with Gasteiger partial charge in [-0.1, -0.05) is 0 Å². The number of nitrogens with zero attached hydrogens (tertiary/aromatic N) is 4. The predicted molar refractivity (Wildman–Crippen MR) is 114 cm³/mol. The zero-order valence-corrected chi connectivity index (χ0v) is 17.9. The lowest BCUT2D eigenvalue weighted by Crippen LogP contribution is -2.32. The first-order valence-corrected chi connectivity index (χ1v) is 11.4. The fourth-order valence-electron chi connectivity index (χ4n) is 5.44. The van der Waals surface area contributed by atoms with E-state index in [1.807, 2.05) is 6.07 Å². The Kier molecular flexibility index (Phi) is 6.03. The lowest BCUT2D eigenvalue weighted by Gasteiger charge is -2.27. The molecule has 3 fully saturated rings. The van der Waals surface area contributed by atoms with E-state index in [4.69, 9.17) is 4.74 Å². The molecule has 1 saturated carbocycles. The van der Waals surface area contributed by atoms with Crippen molar-refractivity contribution in [3.63, 3.8) is 0 Å². The highest BCUT2D eigenvalue weighted by Crippen LogP contribution is 2.39. The lowest BCUT2D eigenvalue weighted by atomic mass is 10.00. The second-order valence-electron chi connectivity index (χ2n) is 9.34. The maximum atomic E-state index is 12.7. The Balaban J connectivity index is 1.12. The Morgan fingerprint density at radius 1 is 1.00 bits per heavy atom. The molecule has 1 N–H and O–H groups in total. The minimum absolute atomic E-state index is 0.392. The molecule has 3 aliphatic rings. The molecule has 0 aromatic carbocycles. The van der Waals surface area contributed by atoms with Crippen molar-refractivity contribution in [3.8, 4) is 11.3 Å². The minimum Gasteiger partial charge on any atom is -0.381 e. The molecule has 6 nitrogen and oxygen atoms in total. The second-order valence-corrected chi connectivity index (χ2v) is 9.34. The molecule has 0 amide bonds. The first-order chi connectivity index (χ1) is 15.4. The first kappa shape index (κ1) is 21.6. The summed E-state index contributed by atoms with van der Waals surface area (Å²) in [6.07, 6.45) is 1.40. The zero-order chi connectivity index (χ0) is 22.1. The van der Waals surface area contributed by atoms with Crippen molar-refractivity contribution in [1.29, 1.82) is 0 Å². The molecule has 2 aromatic heterocycles. The summed E-state index contributed by atoms with van der Waals surface area (Å²) in [5.41, 5.74) is 0.103. The van der Waals surface area contributed by atoms with Crippen molar-refractivity contribution in [2.75, 3.05) is 38.2 Å². The molecule has 2 aromatic rings. The van der Waals surface area contributed by atoms with Gasteiger partial charge in [0.25, 0.3) is 0 Å². The predicted octanol–water partition coefficient (Wildman–Crippen LogP) is 4.11. The van der Waals surface area contributed by atoms with Crippen molar-refractivity contribution < 1.29 is 17.9 Å². The van der Waals surface area contributed by atoms with E-state index < -0.39 is 11.9 Å². The summed E-state index contributed by atoms with van der Waals surface area (Å²) in [5, 5.41) is 11.9. The van der Waals surface area contributed by atoms with Gasteiger partial charge in [-0.05, 0) is 67.7 Å². The monoisotopic (exact) mass is 447 g/mol. The number of alkyl halides is 3. The third-order valence-corrected chi connectivity index (χ3v) is 7.05. The normalized spacial score (nSPS) is 26.9. The van der Waals surface area contributed by atoms with Gasteiger partial charge in [-0.25, -0.2) is 0 Å². The Hall–Kier alpha value is -2.26. The first-order valence-electron chi connectivity index (χ1n) is 11.4. The van der Waals surface area contributed by atoms with Crippen LogP contribution in [0.25, 0.3) is 11.3 Å². The second kappa shape index (κ2) is 8.94. The van der Waals surface area contributed by atoms with E-state index in [2.05, 4.69) is 25.4 Å². The average Bonchev–Trinajstić information content (AvgIpc) is 3.32. The maximum Gasteiger partial charge on any atom is 0.433 e. The summed E-state index contributed by atoms with van der Waals surface area (Å²) < 4.78 is 43.5. The van der Waals surface area contributed by atoms with Crippen LogP contribution in [0.15, 0.2) is 30.5 Å². The lowest BCUT2D eigenvalue weighted by molar-refractivity contribution is -0.141. The van der Waals surface area contributed by atoms with Gasteiger partial charge in [0.15, 0.2) is 0 Å².